The molecule has 1 aliphatic heterocycles. The molecular formula is C25H25FN2O2. The van der Waals surface area contributed by atoms with E-state index in [9.17, 15) is 14.0 Å². The zero-order chi connectivity index (χ0) is 20.9. The third-order valence-corrected chi connectivity index (χ3v) is 5.79. The van der Waals surface area contributed by atoms with Crippen molar-refractivity contribution in [3.63, 3.8) is 0 Å². The number of nitrogens with one attached hydrogen (secondary N) is 1. The standard InChI is InChI=1S/C25H25FN2O2/c26-21-12-10-18(11-13-21)8-9-19-5-4-16-28(17-19)25(30)22-14-15-23(27-24(22)29)20-6-2-1-3-7-20/h1-3,6-7,10-15,19H,4-5,8-9,16-17H2,(H,27,29). The van der Waals surface area contributed by atoms with E-state index in [1.165, 1.54) is 12.1 Å². The summed E-state index contributed by atoms with van der Waals surface area (Å²) >= 11 is 0. The molecule has 2 heterocycles. The first-order valence-electron chi connectivity index (χ1n) is 10.4. The third-order valence-electron chi connectivity index (χ3n) is 5.79. The van der Waals surface area contributed by atoms with Crippen LogP contribution in [0.3, 0.4) is 0 Å². The van der Waals surface area contributed by atoms with Gasteiger partial charge in [0.1, 0.15) is 11.4 Å². The number of halogens is 1. The molecule has 154 valence electrons. The number of hydrogen-bond donors (Lipinski definition) is 1. The fraction of sp³-hybridized carbons (Fsp3) is 0.280. The molecule has 1 N–H and O–H groups in total. The molecule has 0 saturated carbocycles. The first-order chi connectivity index (χ1) is 14.6. The summed E-state index contributed by atoms with van der Waals surface area (Å²) in [5.41, 5.74) is 2.55. The second-order valence-electron chi connectivity index (χ2n) is 7.91. The third kappa shape index (κ3) is 4.67. The molecule has 1 fully saturated rings. The molecule has 1 aliphatic rings. The minimum absolute atomic E-state index is 0.189. The quantitative estimate of drug-likeness (QED) is 0.672. The van der Waals surface area contributed by atoms with E-state index in [0.717, 1.165) is 36.8 Å². The molecule has 3 aromatic rings. The smallest absolute Gasteiger partial charge is 0.261 e. The van der Waals surface area contributed by atoms with Crippen LogP contribution in [0.2, 0.25) is 0 Å². The zero-order valence-electron chi connectivity index (χ0n) is 16.8. The van der Waals surface area contributed by atoms with Gasteiger partial charge < -0.3 is 9.88 Å². The Balaban J connectivity index is 1.41. The minimum atomic E-state index is -0.352. The summed E-state index contributed by atoms with van der Waals surface area (Å²) in [6.07, 6.45) is 3.80. The molecule has 4 nitrogen and oxygen atoms in total. The van der Waals surface area contributed by atoms with Crippen molar-refractivity contribution in [2.24, 2.45) is 5.92 Å². The summed E-state index contributed by atoms with van der Waals surface area (Å²) in [7, 11) is 0. The van der Waals surface area contributed by atoms with Crippen molar-refractivity contribution in [2.45, 2.75) is 25.7 Å². The molecule has 2 aromatic carbocycles. The molecule has 0 aliphatic carbocycles. The molecule has 0 radical (unpaired) electrons. The highest BCUT2D eigenvalue weighted by molar-refractivity contribution is 5.94. The lowest BCUT2D eigenvalue weighted by Crippen LogP contribution is -2.42. The maximum absolute atomic E-state index is 13.1. The second kappa shape index (κ2) is 9.08. The van der Waals surface area contributed by atoms with Crippen LogP contribution in [0.4, 0.5) is 4.39 Å². The number of carbonyl (C=O) groups excluding carboxylic acids is 1. The van der Waals surface area contributed by atoms with Crippen molar-refractivity contribution in [3.8, 4) is 11.3 Å². The lowest BCUT2D eigenvalue weighted by Gasteiger charge is -2.32. The van der Waals surface area contributed by atoms with E-state index in [4.69, 9.17) is 0 Å². The van der Waals surface area contributed by atoms with E-state index < -0.39 is 0 Å². The number of piperidine rings is 1. The van der Waals surface area contributed by atoms with E-state index >= 15 is 0 Å². The molecule has 4 rings (SSSR count). The molecule has 1 amide bonds. The van der Waals surface area contributed by atoms with Gasteiger partial charge in [-0.05, 0) is 67.0 Å². The van der Waals surface area contributed by atoms with Gasteiger partial charge in [-0.1, -0.05) is 42.5 Å². The van der Waals surface area contributed by atoms with Crippen molar-refractivity contribution < 1.29 is 9.18 Å². The Bertz CT molecular complexity index is 1060. The molecule has 0 spiro atoms. The maximum atomic E-state index is 13.1. The van der Waals surface area contributed by atoms with Gasteiger partial charge in [-0.25, -0.2) is 4.39 Å². The normalized spacial score (nSPS) is 16.4. The number of aromatic amines is 1. The number of rotatable bonds is 5. The molecular weight excluding hydrogens is 379 g/mol. The van der Waals surface area contributed by atoms with Gasteiger partial charge in [0.2, 0.25) is 0 Å². The van der Waals surface area contributed by atoms with Crippen LogP contribution in [0, 0.1) is 11.7 Å². The molecule has 30 heavy (non-hydrogen) atoms. The Labute approximate surface area is 175 Å². The van der Waals surface area contributed by atoms with Crippen molar-refractivity contribution in [1.29, 1.82) is 0 Å². The van der Waals surface area contributed by atoms with Crippen LogP contribution < -0.4 is 5.56 Å². The lowest BCUT2D eigenvalue weighted by atomic mass is 9.91. The number of hydrogen-bond acceptors (Lipinski definition) is 2. The highest BCUT2D eigenvalue weighted by atomic mass is 19.1. The van der Waals surface area contributed by atoms with Gasteiger partial charge in [-0.3, -0.25) is 9.59 Å². The average molecular weight is 404 g/mol. The average Bonchev–Trinajstić information content (AvgIpc) is 2.79. The zero-order valence-corrected chi connectivity index (χ0v) is 16.8. The van der Waals surface area contributed by atoms with Crippen LogP contribution >= 0.6 is 0 Å². The van der Waals surface area contributed by atoms with Gasteiger partial charge >= 0.3 is 0 Å². The van der Waals surface area contributed by atoms with Crippen LogP contribution in [-0.2, 0) is 6.42 Å². The largest absolute Gasteiger partial charge is 0.338 e. The summed E-state index contributed by atoms with van der Waals surface area (Å²) in [4.78, 5) is 30.2. The van der Waals surface area contributed by atoms with Crippen LogP contribution in [0.15, 0.2) is 71.5 Å². The molecule has 5 heteroatoms. The summed E-state index contributed by atoms with van der Waals surface area (Å²) in [5, 5.41) is 0. The molecule has 1 unspecified atom stereocenters. The maximum Gasteiger partial charge on any atom is 0.261 e. The van der Waals surface area contributed by atoms with Gasteiger partial charge in [-0.15, -0.1) is 0 Å². The van der Waals surface area contributed by atoms with E-state index in [0.29, 0.717) is 24.7 Å². The van der Waals surface area contributed by atoms with Crippen LogP contribution in [0.1, 0.15) is 35.2 Å². The first-order valence-corrected chi connectivity index (χ1v) is 10.4. The number of nitrogens with zero attached hydrogens (tertiary/aromatic N) is 1. The summed E-state index contributed by atoms with van der Waals surface area (Å²) in [5.74, 6) is -0.0468. The fourth-order valence-electron chi connectivity index (χ4n) is 4.11. The number of amides is 1. The Kier molecular flexibility index (Phi) is 6.07. The summed E-state index contributed by atoms with van der Waals surface area (Å²) in [6.45, 7) is 1.33. The Morgan fingerprint density at radius 3 is 2.53 bits per heavy atom. The summed E-state index contributed by atoms with van der Waals surface area (Å²) < 4.78 is 13.1. The highest BCUT2D eigenvalue weighted by Gasteiger charge is 2.26. The predicted molar refractivity (Wildman–Crippen MR) is 116 cm³/mol. The number of aromatic nitrogens is 1. The SMILES string of the molecule is O=C(c1ccc(-c2ccccc2)[nH]c1=O)N1CCCC(CCc2ccc(F)cc2)C1. The topological polar surface area (TPSA) is 53.2 Å². The van der Waals surface area contributed by atoms with Crippen molar-refractivity contribution in [1.82, 2.24) is 9.88 Å². The number of aryl methyl sites for hydroxylation is 1. The number of carbonyl (C=O) groups is 1. The Hall–Kier alpha value is -3.21. The monoisotopic (exact) mass is 404 g/mol. The van der Waals surface area contributed by atoms with Gasteiger partial charge in [-0.2, -0.15) is 0 Å². The van der Waals surface area contributed by atoms with Crippen molar-refractivity contribution in [2.75, 3.05) is 13.1 Å². The van der Waals surface area contributed by atoms with Gasteiger partial charge in [0, 0.05) is 18.8 Å². The van der Waals surface area contributed by atoms with Crippen molar-refractivity contribution in [3.05, 3.63) is 94.0 Å². The van der Waals surface area contributed by atoms with E-state index in [2.05, 4.69) is 4.98 Å². The Morgan fingerprint density at radius 2 is 1.80 bits per heavy atom. The lowest BCUT2D eigenvalue weighted by molar-refractivity contribution is 0.0666. The highest BCUT2D eigenvalue weighted by Crippen LogP contribution is 2.23. The Morgan fingerprint density at radius 1 is 1.03 bits per heavy atom. The molecule has 1 atom stereocenters. The number of pyridine rings is 1. The first kappa shape index (κ1) is 20.1. The van der Waals surface area contributed by atoms with Gasteiger partial charge in [0.25, 0.3) is 11.5 Å². The summed E-state index contributed by atoms with van der Waals surface area (Å²) in [6, 6.07) is 19.6. The second-order valence-corrected chi connectivity index (χ2v) is 7.91. The van der Waals surface area contributed by atoms with E-state index in [1.807, 2.05) is 42.5 Å². The number of benzene rings is 2. The van der Waals surface area contributed by atoms with Gasteiger partial charge in [0.15, 0.2) is 0 Å². The molecule has 1 aromatic heterocycles. The van der Waals surface area contributed by atoms with Crippen LogP contribution in [0.5, 0.6) is 0 Å². The predicted octanol–water partition coefficient (Wildman–Crippen LogP) is 4.67. The minimum Gasteiger partial charge on any atom is -0.338 e. The molecule has 1 saturated heterocycles. The molecule has 0 bridgehead atoms. The van der Waals surface area contributed by atoms with Crippen molar-refractivity contribution >= 4 is 5.91 Å². The fourth-order valence-corrected chi connectivity index (χ4v) is 4.11. The van der Waals surface area contributed by atoms with E-state index in [1.54, 1.807) is 17.0 Å². The number of likely N-dealkylation sites (tertiary alicyclic amines) is 1. The van der Waals surface area contributed by atoms with Crippen LogP contribution in [-0.4, -0.2) is 28.9 Å². The number of H-pyrrole nitrogens is 1. The van der Waals surface area contributed by atoms with Crippen LogP contribution in [0.25, 0.3) is 11.3 Å². The van der Waals surface area contributed by atoms with Gasteiger partial charge in [0.05, 0.1) is 0 Å². The van der Waals surface area contributed by atoms with E-state index in [-0.39, 0.29) is 22.8 Å².